The van der Waals surface area contributed by atoms with Crippen molar-refractivity contribution >= 4 is 27.1 Å². The molecule has 1 aliphatic rings. The number of carbonyl (C=O) groups excluding carboxylic acids is 1. The molecule has 1 atom stereocenters. The molecule has 1 unspecified atom stereocenters. The van der Waals surface area contributed by atoms with Gasteiger partial charge in [-0.05, 0) is 43.2 Å². The highest BCUT2D eigenvalue weighted by Gasteiger charge is 2.33. The van der Waals surface area contributed by atoms with E-state index in [9.17, 15) is 17.8 Å². The summed E-state index contributed by atoms with van der Waals surface area (Å²) in [6.45, 7) is 2.29. The molecule has 2 heterocycles. The van der Waals surface area contributed by atoms with E-state index in [0.29, 0.717) is 40.5 Å². The van der Waals surface area contributed by atoms with Crippen molar-refractivity contribution in [3.8, 4) is 0 Å². The van der Waals surface area contributed by atoms with E-state index in [-0.39, 0.29) is 19.4 Å². The molecule has 1 aromatic heterocycles. The maximum atomic E-state index is 13.7. The van der Waals surface area contributed by atoms with Crippen molar-refractivity contribution in [1.29, 1.82) is 4.78 Å². The number of halogens is 2. The number of anilines is 2. The fraction of sp³-hybridized carbons (Fsp3) is 0.400. The topological polar surface area (TPSA) is 86.2 Å². The lowest BCUT2D eigenvalue weighted by molar-refractivity contribution is -0.0102. The molecule has 1 fully saturated rings. The molecule has 0 radical (unpaired) electrons. The van der Waals surface area contributed by atoms with Gasteiger partial charge in [-0.15, -0.1) is 0 Å². The Hall–Kier alpha value is -2.55. The smallest absolute Gasteiger partial charge is 0.259 e. The molecule has 0 saturated carbocycles. The molecule has 1 amide bonds. The third-order valence-electron chi connectivity index (χ3n) is 4.93. The second kappa shape index (κ2) is 8.06. The van der Waals surface area contributed by atoms with Crippen LogP contribution < -0.4 is 10.2 Å². The fourth-order valence-electron chi connectivity index (χ4n) is 3.35. The van der Waals surface area contributed by atoms with Gasteiger partial charge in [0.15, 0.2) is 0 Å². The molecule has 0 bridgehead atoms. The van der Waals surface area contributed by atoms with E-state index in [4.69, 9.17) is 4.78 Å². The molecule has 1 aliphatic heterocycles. The molecule has 9 heteroatoms. The van der Waals surface area contributed by atoms with Crippen molar-refractivity contribution < 1.29 is 17.8 Å². The highest BCUT2D eigenvalue weighted by atomic mass is 32.2. The van der Waals surface area contributed by atoms with Gasteiger partial charge >= 0.3 is 0 Å². The van der Waals surface area contributed by atoms with Gasteiger partial charge in [0.1, 0.15) is 5.82 Å². The summed E-state index contributed by atoms with van der Waals surface area (Å²) in [7, 11) is -2.92. The Labute approximate surface area is 169 Å². The van der Waals surface area contributed by atoms with Crippen LogP contribution in [0.3, 0.4) is 0 Å². The van der Waals surface area contributed by atoms with Crippen LogP contribution in [0.15, 0.2) is 41.4 Å². The van der Waals surface area contributed by atoms with Gasteiger partial charge in [0.2, 0.25) is 5.92 Å². The summed E-state index contributed by atoms with van der Waals surface area (Å²) in [5, 5.41) is 2.76. The van der Waals surface area contributed by atoms with Gasteiger partial charge in [-0.2, -0.15) is 0 Å². The summed E-state index contributed by atoms with van der Waals surface area (Å²) >= 11 is 0. The van der Waals surface area contributed by atoms with Gasteiger partial charge in [-0.1, -0.05) is 6.07 Å². The molecule has 0 aliphatic carbocycles. The van der Waals surface area contributed by atoms with Gasteiger partial charge in [0.25, 0.3) is 5.91 Å². The molecule has 2 aromatic rings. The Bertz CT molecular complexity index is 1020. The van der Waals surface area contributed by atoms with Gasteiger partial charge in [-0.25, -0.2) is 22.8 Å². The van der Waals surface area contributed by atoms with Gasteiger partial charge < -0.3 is 10.2 Å². The molecule has 3 rings (SSSR count). The predicted octanol–water partition coefficient (Wildman–Crippen LogP) is 4.30. The predicted molar refractivity (Wildman–Crippen MR) is 109 cm³/mol. The number of aryl methyl sites for hydroxylation is 1. The number of alkyl halides is 2. The maximum absolute atomic E-state index is 13.7. The Balaban J connectivity index is 1.90. The van der Waals surface area contributed by atoms with Crippen molar-refractivity contribution in [2.75, 3.05) is 29.6 Å². The lowest BCUT2D eigenvalue weighted by Crippen LogP contribution is -2.29. The van der Waals surface area contributed by atoms with Crippen LogP contribution in [-0.2, 0) is 9.73 Å². The van der Waals surface area contributed by atoms with Crippen molar-refractivity contribution in [2.24, 2.45) is 0 Å². The second-order valence-electron chi connectivity index (χ2n) is 7.35. The molecular weight excluding hydrogens is 398 g/mol. The van der Waals surface area contributed by atoms with Crippen LogP contribution in [0.4, 0.5) is 20.3 Å². The van der Waals surface area contributed by atoms with Crippen LogP contribution in [-0.4, -0.2) is 40.4 Å². The van der Waals surface area contributed by atoms with Crippen LogP contribution in [0.2, 0.25) is 0 Å². The first kappa shape index (κ1) is 21.2. The quantitative estimate of drug-likeness (QED) is 0.769. The first-order chi connectivity index (χ1) is 13.6. The van der Waals surface area contributed by atoms with Gasteiger partial charge in [0, 0.05) is 49.0 Å². The molecule has 0 spiro atoms. The summed E-state index contributed by atoms with van der Waals surface area (Å²) in [5.41, 5.74) is 1.41. The zero-order chi connectivity index (χ0) is 21.2. The molecule has 1 aromatic carbocycles. The van der Waals surface area contributed by atoms with E-state index in [1.165, 1.54) is 12.3 Å². The number of pyridine rings is 1. The number of rotatable bonds is 4. The maximum Gasteiger partial charge on any atom is 0.259 e. The zero-order valence-electron chi connectivity index (χ0n) is 16.4. The number of benzene rings is 1. The Morgan fingerprint density at radius 1 is 1.28 bits per heavy atom. The normalized spacial score (nSPS) is 18.6. The van der Waals surface area contributed by atoms with Gasteiger partial charge in [-0.3, -0.25) is 4.79 Å². The molecule has 1 saturated heterocycles. The number of carbonyl (C=O) groups is 1. The third-order valence-corrected chi connectivity index (χ3v) is 6.08. The van der Waals surface area contributed by atoms with Crippen molar-refractivity contribution in [1.82, 2.24) is 4.98 Å². The van der Waals surface area contributed by atoms with Crippen LogP contribution >= 0.6 is 0 Å². The monoisotopic (exact) mass is 422 g/mol. The summed E-state index contributed by atoms with van der Waals surface area (Å²) < 4.78 is 47.2. The van der Waals surface area contributed by atoms with E-state index < -0.39 is 21.6 Å². The zero-order valence-corrected chi connectivity index (χ0v) is 17.2. The lowest BCUT2D eigenvalue weighted by Gasteiger charge is -2.24. The highest BCUT2D eigenvalue weighted by molar-refractivity contribution is 7.91. The van der Waals surface area contributed by atoms with E-state index in [0.717, 1.165) is 0 Å². The van der Waals surface area contributed by atoms with Crippen molar-refractivity contribution in [2.45, 2.75) is 37.0 Å². The van der Waals surface area contributed by atoms with E-state index in [1.54, 1.807) is 42.3 Å². The van der Waals surface area contributed by atoms with Crippen molar-refractivity contribution in [3.63, 3.8) is 0 Å². The third kappa shape index (κ3) is 5.09. The fourth-order valence-corrected chi connectivity index (χ4v) is 4.04. The minimum Gasteiger partial charge on any atom is -0.356 e. The highest BCUT2D eigenvalue weighted by Crippen LogP contribution is 2.31. The number of nitrogens with zero attached hydrogens (tertiary/aromatic N) is 2. The molecule has 156 valence electrons. The van der Waals surface area contributed by atoms with Crippen LogP contribution in [0.1, 0.15) is 35.2 Å². The average Bonchev–Trinajstić information content (AvgIpc) is 2.81. The standard InChI is InChI=1S/C20H24F2N4O2S/c1-14-7-10-24-18(26-11-4-8-20(21,22)9-12-26)17(14)19(27)25-15-5-3-6-16(13-15)29(2,23)28/h3,5-7,10,13,23H,4,8-9,11-12H2,1-2H3,(H,25,27). The number of aromatic nitrogens is 1. The average molecular weight is 423 g/mol. The van der Waals surface area contributed by atoms with Crippen LogP contribution in [0, 0.1) is 11.7 Å². The van der Waals surface area contributed by atoms with Crippen LogP contribution in [0.25, 0.3) is 0 Å². The van der Waals surface area contributed by atoms with Gasteiger partial charge in [0.05, 0.1) is 15.3 Å². The molecule has 2 N–H and O–H groups in total. The van der Waals surface area contributed by atoms with E-state index in [2.05, 4.69) is 10.3 Å². The molecule has 29 heavy (non-hydrogen) atoms. The molecular formula is C20H24F2N4O2S. The minimum absolute atomic E-state index is 0.121. The van der Waals surface area contributed by atoms with Crippen LogP contribution in [0.5, 0.6) is 0 Å². The molecule has 6 nitrogen and oxygen atoms in total. The lowest BCUT2D eigenvalue weighted by atomic mass is 10.1. The summed E-state index contributed by atoms with van der Waals surface area (Å²) in [6, 6.07) is 8.04. The number of hydrogen-bond donors (Lipinski definition) is 2. The summed E-state index contributed by atoms with van der Waals surface area (Å²) in [6.07, 6.45) is 2.75. The van der Waals surface area contributed by atoms with Crippen molar-refractivity contribution in [3.05, 3.63) is 47.7 Å². The SMILES string of the molecule is Cc1ccnc(N2CCCC(F)(F)CC2)c1C(=O)Nc1cccc(S(C)(=N)=O)c1. The largest absolute Gasteiger partial charge is 0.356 e. The number of amides is 1. The minimum atomic E-state index is -2.92. The number of nitrogens with one attached hydrogen (secondary N) is 2. The Morgan fingerprint density at radius 3 is 2.76 bits per heavy atom. The van der Waals surface area contributed by atoms with E-state index >= 15 is 0 Å². The van der Waals surface area contributed by atoms with E-state index in [1.807, 2.05) is 0 Å². The first-order valence-corrected chi connectivity index (χ1v) is 11.3. The number of hydrogen-bond acceptors (Lipinski definition) is 5. The second-order valence-corrected chi connectivity index (χ2v) is 9.51. The summed E-state index contributed by atoms with van der Waals surface area (Å²) in [4.78, 5) is 19.4. The Kier molecular flexibility index (Phi) is 5.88. The Morgan fingerprint density at radius 2 is 2.03 bits per heavy atom. The first-order valence-electron chi connectivity index (χ1n) is 9.30. The summed E-state index contributed by atoms with van der Waals surface area (Å²) in [5.74, 6) is -2.74.